The zero-order chi connectivity index (χ0) is 14.4. The molecule has 0 bridgehead atoms. The third-order valence-electron chi connectivity index (χ3n) is 3.74. The molecule has 2 amide bonds. The molecular weight excluding hydrogens is 246 g/mol. The fourth-order valence-corrected chi connectivity index (χ4v) is 2.26. The molecule has 2 unspecified atom stereocenters. The first kappa shape index (κ1) is 15.8. The number of aliphatic carboxylic acids is 1. The van der Waals surface area contributed by atoms with Gasteiger partial charge in [-0.25, -0.2) is 4.79 Å². The first-order chi connectivity index (χ1) is 8.91. The zero-order valence-corrected chi connectivity index (χ0v) is 12.1. The van der Waals surface area contributed by atoms with E-state index in [0.717, 1.165) is 25.9 Å². The summed E-state index contributed by atoms with van der Waals surface area (Å²) in [5, 5.41) is 11.5. The fourth-order valence-electron chi connectivity index (χ4n) is 2.26. The molecule has 0 saturated carbocycles. The van der Waals surface area contributed by atoms with Crippen molar-refractivity contribution in [3.8, 4) is 0 Å². The lowest BCUT2D eigenvalue weighted by atomic mass is 10.1. The Morgan fingerprint density at radius 3 is 2.79 bits per heavy atom. The van der Waals surface area contributed by atoms with Gasteiger partial charge in [0.25, 0.3) is 0 Å². The first-order valence-corrected chi connectivity index (χ1v) is 6.83. The highest BCUT2D eigenvalue weighted by Crippen LogP contribution is 2.13. The van der Waals surface area contributed by atoms with Crippen LogP contribution in [0.4, 0.5) is 4.79 Å². The molecule has 1 saturated heterocycles. The maximum Gasteiger partial charge on any atom is 0.317 e. The molecule has 0 aromatic rings. The third kappa shape index (κ3) is 5.06. The molecule has 0 aromatic carbocycles. The number of rotatable bonds is 5. The number of nitrogens with zero attached hydrogens (tertiary/aromatic N) is 2. The summed E-state index contributed by atoms with van der Waals surface area (Å²) in [6.07, 6.45) is 2.59. The molecule has 1 aliphatic rings. The van der Waals surface area contributed by atoms with E-state index in [0.29, 0.717) is 13.0 Å². The summed E-state index contributed by atoms with van der Waals surface area (Å²) in [6.45, 7) is 4.03. The van der Waals surface area contributed by atoms with Crippen molar-refractivity contribution in [1.29, 1.82) is 0 Å². The number of carboxylic acids is 1. The van der Waals surface area contributed by atoms with Gasteiger partial charge in [0.15, 0.2) is 0 Å². The van der Waals surface area contributed by atoms with Crippen molar-refractivity contribution < 1.29 is 14.7 Å². The predicted octanol–water partition coefficient (Wildman–Crippen LogP) is 0.833. The number of hydrogen-bond acceptors (Lipinski definition) is 3. The highest BCUT2D eigenvalue weighted by molar-refractivity contribution is 5.74. The Balaban J connectivity index is 2.30. The smallest absolute Gasteiger partial charge is 0.317 e. The van der Waals surface area contributed by atoms with E-state index in [-0.39, 0.29) is 12.1 Å². The quantitative estimate of drug-likeness (QED) is 0.777. The van der Waals surface area contributed by atoms with Crippen LogP contribution in [0.5, 0.6) is 0 Å². The molecule has 1 rings (SSSR count). The van der Waals surface area contributed by atoms with Crippen LogP contribution < -0.4 is 5.32 Å². The molecule has 110 valence electrons. The number of nitrogens with one attached hydrogen (secondary N) is 1. The highest BCUT2D eigenvalue weighted by atomic mass is 16.4. The van der Waals surface area contributed by atoms with Gasteiger partial charge in [-0.3, -0.25) is 4.79 Å². The van der Waals surface area contributed by atoms with E-state index >= 15 is 0 Å². The van der Waals surface area contributed by atoms with E-state index in [1.165, 1.54) is 0 Å². The monoisotopic (exact) mass is 271 g/mol. The molecule has 1 fully saturated rings. The lowest BCUT2D eigenvalue weighted by Crippen LogP contribution is -2.50. The van der Waals surface area contributed by atoms with Crippen LogP contribution in [0, 0.1) is 5.92 Å². The van der Waals surface area contributed by atoms with Crippen LogP contribution in [0.25, 0.3) is 0 Å². The lowest BCUT2D eigenvalue weighted by molar-refractivity contribution is -0.141. The molecule has 0 radical (unpaired) electrons. The van der Waals surface area contributed by atoms with Crippen LogP contribution in [0.15, 0.2) is 0 Å². The van der Waals surface area contributed by atoms with Crippen molar-refractivity contribution in [3.05, 3.63) is 0 Å². The topological polar surface area (TPSA) is 72.9 Å². The molecule has 19 heavy (non-hydrogen) atoms. The molecular formula is C13H25N3O3. The van der Waals surface area contributed by atoms with Crippen molar-refractivity contribution in [2.24, 2.45) is 5.92 Å². The summed E-state index contributed by atoms with van der Waals surface area (Å²) < 4.78 is 0. The Kier molecular flexibility index (Phi) is 6.08. The molecule has 0 aliphatic carbocycles. The third-order valence-corrected chi connectivity index (χ3v) is 3.74. The van der Waals surface area contributed by atoms with Gasteiger partial charge in [-0.2, -0.15) is 0 Å². The SMILES string of the molecule is CC(CCNC(=O)N(C)C1CCCN(C)C1)C(=O)O. The lowest BCUT2D eigenvalue weighted by Gasteiger charge is -2.35. The number of piperidine rings is 1. The predicted molar refractivity (Wildman–Crippen MR) is 73.1 cm³/mol. The van der Waals surface area contributed by atoms with Gasteiger partial charge in [0.05, 0.1) is 5.92 Å². The molecule has 0 aromatic heterocycles. The molecule has 6 nitrogen and oxygen atoms in total. The van der Waals surface area contributed by atoms with Crippen molar-refractivity contribution in [2.45, 2.75) is 32.2 Å². The van der Waals surface area contributed by atoms with Crippen molar-refractivity contribution in [1.82, 2.24) is 15.1 Å². The Morgan fingerprint density at radius 2 is 2.21 bits per heavy atom. The van der Waals surface area contributed by atoms with E-state index in [9.17, 15) is 9.59 Å². The molecule has 6 heteroatoms. The number of urea groups is 1. The van der Waals surface area contributed by atoms with Crippen LogP contribution in [-0.2, 0) is 4.79 Å². The number of hydrogen-bond donors (Lipinski definition) is 2. The van der Waals surface area contributed by atoms with Crippen molar-refractivity contribution in [2.75, 3.05) is 33.7 Å². The minimum atomic E-state index is -0.823. The van der Waals surface area contributed by atoms with E-state index in [1.54, 1.807) is 18.9 Å². The van der Waals surface area contributed by atoms with E-state index < -0.39 is 11.9 Å². The summed E-state index contributed by atoms with van der Waals surface area (Å²) in [5.74, 6) is -1.25. The van der Waals surface area contributed by atoms with E-state index in [2.05, 4.69) is 17.3 Å². The number of carbonyl (C=O) groups is 2. The van der Waals surface area contributed by atoms with Gasteiger partial charge in [0.2, 0.25) is 0 Å². The second kappa shape index (κ2) is 7.33. The summed E-state index contributed by atoms with van der Waals surface area (Å²) >= 11 is 0. The number of likely N-dealkylation sites (tertiary alicyclic amines) is 1. The fraction of sp³-hybridized carbons (Fsp3) is 0.846. The van der Waals surface area contributed by atoms with Gasteiger partial charge in [-0.05, 0) is 32.9 Å². The maximum atomic E-state index is 11.9. The second-order valence-electron chi connectivity index (χ2n) is 5.43. The van der Waals surface area contributed by atoms with E-state index in [4.69, 9.17) is 5.11 Å². The second-order valence-corrected chi connectivity index (χ2v) is 5.43. The average molecular weight is 271 g/mol. The van der Waals surface area contributed by atoms with Gasteiger partial charge in [0, 0.05) is 26.2 Å². The molecule has 0 spiro atoms. The summed E-state index contributed by atoms with van der Waals surface area (Å²) in [6, 6.07) is 0.133. The summed E-state index contributed by atoms with van der Waals surface area (Å²) in [4.78, 5) is 26.6. The van der Waals surface area contributed by atoms with Crippen LogP contribution >= 0.6 is 0 Å². The van der Waals surface area contributed by atoms with Gasteiger partial charge in [-0.15, -0.1) is 0 Å². The number of carboxylic acid groups (broad SMARTS) is 1. The summed E-state index contributed by atoms with van der Waals surface area (Å²) in [5.41, 5.74) is 0. The van der Waals surface area contributed by atoms with E-state index in [1.807, 2.05) is 0 Å². The molecule has 1 aliphatic heterocycles. The largest absolute Gasteiger partial charge is 0.481 e. The normalized spacial score (nSPS) is 21.7. The Morgan fingerprint density at radius 1 is 1.53 bits per heavy atom. The van der Waals surface area contributed by atoms with Gasteiger partial charge in [0.1, 0.15) is 0 Å². The first-order valence-electron chi connectivity index (χ1n) is 6.83. The number of amides is 2. The minimum absolute atomic E-state index is 0.113. The van der Waals surface area contributed by atoms with Crippen molar-refractivity contribution >= 4 is 12.0 Å². The standard InChI is InChI=1S/C13H25N3O3/c1-10(12(17)18)6-7-14-13(19)16(3)11-5-4-8-15(2)9-11/h10-11H,4-9H2,1-3H3,(H,14,19)(H,17,18). The minimum Gasteiger partial charge on any atom is -0.481 e. The molecule has 1 heterocycles. The van der Waals surface area contributed by atoms with Crippen LogP contribution in [-0.4, -0.2) is 66.7 Å². The van der Waals surface area contributed by atoms with Crippen LogP contribution in [0.1, 0.15) is 26.2 Å². The van der Waals surface area contributed by atoms with Crippen molar-refractivity contribution in [3.63, 3.8) is 0 Å². The Labute approximate surface area is 114 Å². The van der Waals surface area contributed by atoms with Gasteiger partial charge >= 0.3 is 12.0 Å². The van der Waals surface area contributed by atoms with Crippen LogP contribution in [0.2, 0.25) is 0 Å². The summed E-state index contributed by atoms with van der Waals surface area (Å²) in [7, 11) is 3.87. The molecule has 2 N–H and O–H groups in total. The maximum absolute atomic E-state index is 11.9. The van der Waals surface area contributed by atoms with Gasteiger partial charge in [-0.1, -0.05) is 6.92 Å². The number of carbonyl (C=O) groups excluding carboxylic acids is 1. The highest BCUT2D eigenvalue weighted by Gasteiger charge is 2.24. The Bertz CT molecular complexity index is 322. The molecule has 2 atom stereocenters. The van der Waals surface area contributed by atoms with Crippen LogP contribution in [0.3, 0.4) is 0 Å². The average Bonchev–Trinajstić information content (AvgIpc) is 2.37. The Hall–Kier alpha value is -1.30. The van der Waals surface area contributed by atoms with Gasteiger partial charge < -0.3 is 20.2 Å². The number of likely N-dealkylation sites (N-methyl/N-ethyl adjacent to an activating group) is 2. The zero-order valence-electron chi connectivity index (χ0n) is 12.1.